The van der Waals surface area contributed by atoms with Gasteiger partial charge in [-0.2, -0.15) is 13.2 Å². The van der Waals surface area contributed by atoms with Crippen LogP contribution in [0.25, 0.3) is 11.2 Å². The van der Waals surface area contributed by atoms with Gasteiger partial charge in [-0.15, -0.1) is 0 Å². The van der Waals surface area contributed by atoms with E-state index in [1.165, 1.54) is 12.3 Å². The van der Waals surface area contributed by atoms with Crippen molar-refractivity contribution in [1.82, 2.24) is 29.7 Å². The van der Waals surface area contributed by atoms with Gasteiger partial charge in [-0.3, -0.25) is 4.90 Å². The average molecular weight is 398 g/mol. The second-order valence-electron chi connectivity index (χ2n) is 7.34. The molecule has 2 amide bonds. The number of alkyl halides is 3. The van der Waals surface area contributed by atoms with Crippen molar-refractivity contribution in [3.8, 4) is 0 Å². The number of carbonyl (C=O) groups is 1. The minimum absolute atomic E-state index is 0.0856. The summed E-state index contributed by atoms with van der Waals surface area (Å²) < 4.78 is 41.2. The van der Waals surface area contributed by atoms with Crippen molar-refractivity contribution < 1.29 is 18.0 Å². The highest BCUT2D eigenvalue weighted by Crippen LogP contribution is 2.30. The van der Waals surface area contributed by atoms with Gasteiger partial charge in [0.1, 0.15) is 5.52 Å². The summed E-state index contributed by atoms with van der Waals surface area (Å²) in [6, 6.07) is 3.02. The normalized spacial score (nSPS) is 16.1. The predicted molar refractivity (Wildman–Crippen MR) is 98.8 cm³/mol. The first-order chi connectivity index (χ1) is 13.3. The van der Waals surface area contributed by atoms with Crippen molar-refractivity contribution in [3.63, 3.8) is 0 Å². The van der Waals surface area contributed by atoms with Crippen LogP contribution in [0.4, 0.5) is 18.0 Å². The quantitative estimate of drug-likeness (QED) is 0.840. The number of aromatic nitrogens is 3. The Labute approximate surface area is 161 Å². The number of hydrogen-bond acceptors (Lipinski definition) is 4. The molecule has 0 saturated carbocycles. The Hall–Kier alpha value is -2.36. The summed E-state index contributed by atoms with van der Waals surface area (Å²) >= 11 is 0. The summed E-state index contributed by atoms with van der Waals surface area (Å²) in [6.07, 6.45) is -3.07. The van der Waals surface area contributed by atoms with E-state index in [0.29, 0.717) is 45.2 Å². The molecule has 0 radical (unpaired) electrons. The van der Waals surface area contributed by atoms with Crippen molar-refractivity contribution in [1.29, 1.82) is 0 Å². The molecule has 3 heterocycles. The number of nitrogens with zero attached hydrogens (tertiary/aromatic N) is 5. The summed E-state index contributed by atoms with van der Waals surface area (Å²) in [5.74, 6) is -0.542. The van der Waals surface area contributed by atoms with Gasteiger partial charge in [0.05, 0.1) is 0 Å². The Bertz CT molecular complexity index is 811. The van der Waals surface area contributed by atoms with E-state index >= 15 is 0 Å². The Morgan fingerprint density at radius 2 is 1.93 bits per heavy atom. The molecule has 0 spiro atoms. The van der Waals surface area contributed by atoms with Crippen LogP contribution < -0.4 is 5.32 Å². The highest BCUT2D eigenvalue weighted by atomic mass is 19.4. The van der Waals surface area contributed by atoms with Gasteiger partial charge in [-0.05, 0) is 18.1 Å². The number of hydrogen-bond donors (Lipinski definition) is 1. The predicted octanol–water partition coefficient (Wildman–Crippen LogP) is 2.43. The number of fused-ring (bicyclic) bond motifs is 1. The second kappa shape index (κ2) is 8.34. The molecule has 3 rings (SSSR count). The number of amides is 2. The first kappa shape index (κ1) is 20.4. The molecule has 0 aromatic carbocycles. The third-order valence-corrected chi connectivity index (χ3v) is 4.72. The van der Waals surface area contributed by atoms with Crippen LogP contribution in [-0.4, -0.2) is 69.6 Å². The fourth-order valence-corrected chi connectivity index (χ4v) is 3.21. The van der Waals surface area contributed by atoms with Crippen LogP contribution in [0.15, 0.2) is 18.3 Å². The van der Waals surface area contributed by atoms with E-state index in [0.717, 1.165) is 4.57 Å². The SMILES string of the molecule is CC(C)CNC(=O)N1CCN(CCn2c(C(F)(F)F)nc3cccnc32)CC1. The van der Waals surface area contributed by atoms with Crippen molar-refractivity contribution in [3.05, 3.63) is 24.2 Å². The van der Waals surface area contributed by atoms with Gasteiger partial charge in [-0.1, -0.05) is 13.8 Å². The van der Waals surface area contributed by atoms with Crippen LogP contribution in [0.5, 0.6) is 0 Å². The summed E-state index contributed by atoms with van der Waals surface area (Å²) in [6.45, 7) is 7.61. The molecule has 0 atom stereocenters. The van der Waals surface area contributed by atoms with Crippen LogP contribution in [-0.2, 0) is 12.7 Å². The molecule has 7 nitrogen and oxygen atoms in total. The minimum atomic E-state index is -4.53. The average Bonchev–Trinajstić information content (AvgIpc) is 3.04. The van der Waals surface area contributed by atoms with E-state index in [1.807, 2.05) is 13.8 Å². The zero-order valence-electron chi connectivity index (χ0n) is 16.0. The van der Waals surface area contributed by atoms with Crippen LogP contribution in [0, 0.1) is 5.92 Å². The molecule has 10 heteroatoms. The van der Waals surface area contributed by atoms with Gasteiger partial charge in [-0.25, -0.2) is 14.8 Å². The van der Waals surface area contributed by atoms with Crippen LogP contribution >= 0.6 is 0 Å². The number of halogens is 3. The molecular formula is C18H25F3N6O. The fraction of sp³-hybridized carbons (Fsp3) is 0.611. The Morgan fingerprint density at radius 1 is 1.21 bits per heavy atom. The number of imidazole rings is 1. The molecule has 0 aliphatic carbocycles. The maximum Gasteiger partial charge on any atom is 0.449 e. The van der Waals surface area contributed by atoms with Crippen LogP contribution in [0.2, 0.25) is 0 Å². The van der Waals surface area contributed by atoms with Gasteiger partial charge < -0.3 is 14.8 Å². The van der Waals surface area contributed by atoms with Gasteiger partial charge in [0.2, 0.25) is 5.82 Å². The number of pyridine rings is 1. The maximum atomic E-state index is 13.3. The largest absolute Gasteiger partial charge is 0.449 e. The van der Waals surface area contributed by atoms with Crippen molar-refractivity contribution in [2.45, 2.75) is 26.6 Å². The molecule has 2 aromatic rings. The van der Waals surface area contributed by atoms with Gasteiger partial charge in [0.25, 0.3) is 0 Å². The summed E-state index contributed by atoms with van der Waals surface area (Å²) in [5.41, 5.74) is 0.475. The molecule has 28 heavy (non-hydrogen) atoms. The Balaban J connectivity index is 1.59. The molecule has 1 aliphatic rings. The third kappa shape index (κ3) is 4.73. The van der Waals surface area contributed by atoms with Crippen molar-refractivity contribution in [2.75, 3.05) is 39.3 Å². The van der Waals surface area contributed by atoms with E-state index in [1.54, 1.807) is 11.0 Å². The molecular weight excluding hydrogens is 373 g/mol. The van der Waals surface area contributed by atoms with E-state index in [9.17, 15) is 18.0 Å². The number of carbonyl (C=O) groups excluding carboxylic acids is 1. The lowest BCUT2D eigenvalue weighted by atomic mass is 10.2. The fourth-order valence-electron chi connectivity index (χ4n) is 3.21. The van der Waals surface area contributed by atoms with E-state index in [2.05, 4.69) is 20.2 Å². The molecule has 1 aliphatic heterocycles. The summed E-state index contributed by atoms with van der Waals surface area (Å²) in [7, 11) is 0. The van der Waals surface area contributed by atoms with E-state index in [4.69, 9.17) is 0 Å². The lowest BCUT2D eigenvalue weighted by molar-refractivity contribution is -0.147. The number of urea groups is 1. The van der Waals surface area contributed by atoms with E-state index in [-0.39, 0.29) is 23.7 Å². The third-order valence-electron chi connectivity index (χ3n) is 4.72. The second-order valence-corrected chi connectivity index (χ2v) is 7.34. The smallest absolute Gasteiger partial charge is 0.338 e. The lowest BCUT2D eigenvalue weighted by Gasteiger charge is -2.35. The number of nitrogens with one attached hydrogen (secondary N) is 1. The van der Waals surface area contributed by atoms with Crippen molar-refractivity contribution >= 4 is 17.2 Å². The van der Waals surface area contributed by atoms with Gasteiger partial charge >= 0.3 is 12.2 Å². The van der Waals surface area contributed by atoms with Crippen molar-refractivity contribution in [2.24, 2.45) is 5.92 Å². The molecule has 1 saturated heterocycles. The molecule has 0 unspecified atom stereocenters. The standard InChI is InChI=1S/C18H25F3N6O/c1-13(2)12-23-17(28)26-9-6-25(7-10-26)8-11-27-15-14(4-3-5-22-15)24-16(27)18(19,20)21/h3-5,13H,6-12H2,1-2H3,(H,23,28). The van der Waals surface area contributed by atoms with Gasteiger partial charge in [0, 0.05) is 52.0 Å². The summed E-state index contributed by atoms with van der Waals surface area (Å²) in [4.78, 5) is 23.7. The maximum absolute atomic E-state index is 13.3. The first-order valence-corrected chi connectivity index (χ1v) is 9.39. The monoisotopic (exact) mass is 398 g/mol. The van der Waals surface area contributed by atoms with Gasteiger partial charge in [0.15, 0.2) is 5.65 Å². The van der Waals surface area contributed by atoms with E-state index < -0.39 is 12.0 Å². The molecule has 1 fully saturated rings. The number of piperazine rings is 1. The minimum Gasteiger partial charge on any atom is -0.338 e. The van der Waals surface area contributed by atoms with Crippen LogP contribution in [0.3, 0.4) is 0 Å². The number of rotatable bonds is 5. The molecule has 154 valence electrons. The molecule has 1 N–H and O–H groups in total. The first-order valence-electron chi connectivity index (χ1n) is 9.39. The Kier molecular flexibility index (Phi) is 6.07. The zero-order valence-corrected chi connectivity index (χ0v) is 16.0. The molecule has 0 bridgehead atoms. The summed E-state index contributed by atoms with van der Waals surface area (Å²) in [5, 5.41) is 2.89. The highest BCUT2D eigenvalue weighted by molar-refractivity contribution is 5.74. The molecule has 2 aromatic heterocycles. The Morgan fingerprint density at radius 3 is 2.57 bits per heavy atom. The zero-order chi connectivity index (χ0) is 20.3. The topological polar surface area (TPSA) is 66.3 Å². The highest BCUT2D eigenvalue weighted by Gasteiger charge is 2.38. The lowest BCUT2D eigenvalue weighted by Crippen LogP contribution is -2.52. The van der Waals surface area contributed by atoms with Crippen LogP contribution in [0.1, 0.15) is 19.7 Å².